The SMILES string of the molecule is CCCNC(=O)CCCSc1nnc2c3ccccc3n(Cc3ccc(C(C)(C)C)cc3)c2n1. The summed E-state index contributed by atoms with van der Waals surface area (Å²) < 4.78 is 2.23. The summed E-state index contributed by atoms with van der Waals surface area (Å²) in [6, 6.07) is 17.1. The van der Waals surface area contributed by atoms with Crippen LogP contribution in [0.1, 0.15) is 58.1 Å². The molecule has 0 atom stereocenters. The second-order valence-electron chi connectivity index (χ2n) is 9.62. The van der Waals surface area contributed by atoms with Crippen molar-refractivity contribution in [3.05, 3.63) is 59.7 Å². The monoisotopic (exact) mass is 475 g/mol. The van der Waals surface area contributed by atoms with E-state index in [-0.39, 0.29) is 11.3 Å². The fourth-order valence-corrected chi connectivity index (χ4v) is 4.67. The Balaban J connectivity index is 1.56. The van der Waals surface area contributed by atoms with Gasteiger partial charge < -0.3 is 9.88 Å². The number of para-hydroxylation sites is 1. The maximum atomic E-state index is 11.8. The predicted molar refractivity (Wildman–Crippen MR) is 140 cm³/mol. The Hall–Kier alpha value is -2.93. The van der Waals surface area contributed by atoms with Crippen molar-refractivity contribution in [2.75, 3.05) is 12.3 Å². The third kappa shape index (κ3) is 5.58. The predicted octanol–water partition coefficient (Wildman–Crippen LogP) is 5.72. The van der Waals surface area contributed by atoms with E-state index in [0.29, 0.717) is 11.6 Å². The van der Waals surface area contributed by atoms with Crippen LogP contribution in [-0.2, 0) is 16.8 Å². The minimum atomic E-state index is 0.106. The average molecular weight is 476 g/mol. The van der Waals surface area contributed by atoms with E-state index in [9.17, 15) is 4.79 Å². The van der Waals surface area contributed by atoms with Gasteiger partial charge in [0.15, 0.2) is 5.65 Å². The number of rotatable bonds is 9. The van der Waals surface area contributed by atoms with Gasteiger partial charge in [0, 0.05) is 30.6 Å². The van der Waals surface area contributed by atoms with Crippen LogP contribution in [0.5, 0.6) is 0 Å². The Morgan fingerprint density at radius 1 is 1.06 bits per heavy atom. The lowest BCUT2D eigenvalue weighted by molar-refractivity contribution is -0.121. The molecule has 0 spiro atoms. The Kier molecular flexibility index (Phi) is 7.51. The topological polar surface area (TPSA) is 72.7 Å². The van der Waals surface area contributed by atoms with Crippen molar-refractivity contribution in [2.45, 2.75) is 64.1 Å². The van der Waals surface area contributed by atoms with Gasteiger partial charge >= 0.3 is 0 Å². The minimum Gasteiger partial charge on any atom is -0.356 e. The molecular formula is C27H33N5OS. The molecule has 2 aromatic heterocycles. The number of aromatic nitrogens is 4. The van der Waals surface area contributed by atoms with Crippen molar-refractivity contribution >= 4 is 39.7 Å². The summed E-state index contributed by atoms with van der Waals surface area (Å²) in [4.78, 5) is 16.7. The van der Waals surface area contributed by atoms with Gasteiger partial charge in [0.2, 0.25) is 11.1 Å². The standard InChI is InChI=1S/C27H33N5OS/c1-5-16-28-23(33)11-8-17-34-26-29-25-24(30-31-26)21-9-6-7-10-22(21)32(25)18-19-12-14-20(15-13-19)27(2,3)4/h6-7,9-10,12-15H,5,8,11,16-18H2,1-4H3,(H,28,33). The minimum absolute atomic E-state index is 0.106. The van der Waals surface area contributed by atoms with Gasteiger partial charge in [0.25, 0.3) is 0 Å². The van der Waals surface area contributed by atoms with Gasteiger partial charge in [0.05, 0.1) is 5.52 Å². The van der Waals surface area contributed by atoms with Gasteiger partial charge in [-0.25, -0.2) is 4.98 Å². The van der Waals surface area contributed by atoms with Gasteiger partial charge in [-0.15, -0.1) is 10.2 Å². The molecule has 0 saturated carbocycles. The fraction of sp³-hybridized carbons (Fsp3) is 0.407. The third-order valence-electron chi connectivity index (χ3n) is 5.87. The molecule has 34 heavy (non-hydrogen) atoms. The first-order valence-corrected chi connectivity index (χ1v) is 13.0. The van der Waals surface area contributed by atoms with Gasteiger partial charge in [-0.2, -0.15) is 0 Å². The Bertz CT molecular complexity index is 1270. The van der Waals surface area contributed by atoms with Crippen LogP contribution >= 0.6 is 11.8 Å². The molecule has 2 heterocycles. The zero-order chi connectivity index (χ0) is 24.1. The number of benzene rings is 2. The quantitative estimate of drug-likeness (QED) is 0.247. The molecule has 0 bridgehead atoms. The van der Waals surface area contributed by atoms with E-state index in [0.717, 1.165) is 53.8 Å². The summed E-state index contributed by atoms with van der Waals surface area (Å²) in [5.74, 6) is 0.885. The highest BCUT2D eigenvalue weighted by Crippen LogP contribution is 2.29. The van der Waals surface area contributed by atoms with Crippen LogP contribution in [0, 0.1) is 0 Å². The molecule has 6 nitrogen and oxygen atoms in total. The van der Waals surface area contributed by atoms with Crippen molar-refractivity contribution in [3.8, 4) is 0 Å². The second-order valence-corrected chi connectivity index (χ2v) is 10.7. The van der Waals surface area contributed by atoms with Crippen molar-refractivity contribution in [1.82, 2.24) is 25.1 Å². The smallest absolute Gasteiger partial charge is 0.220 e. The van der Waals surface area contributed by atoms with E-state index in [1.54, 1.807) is 11.8 Å². The van der Waals surface area contributed by atoms with Gasteiger partial charge in [-0.05, 0) is 35.4 Å². The Morgan fingerprint density at radius 2 is 1.82 bits per heavy atom. The summed E-state index contributed by atoms with van der Waals surface area (Å²) in [5, 5.41) is 13.5. The number of thioether (sulfide) groups is 1. The van der Waals surface area contributed by atoms with Crippen LogP contribution in [0.25, 0.3) is 22.1 Å². The highest BCUT2D eigenvalue weighted by Gasteiger charge is 2.16. The molecule has 178 valence electrons. The summed E-state index contributed by atoms with van der Waals surface area (Å²) in [7, 11) is 0. The lowest BCUT2D eigenvalue weighted by Gasteiger charge is -2.19. The van der Waals surface area contributed by atoms with Crippen molar-refractivity contribution in [1.29, 1.82) is 0 Å². The van der Waals surface area contributed by atoms with Gasteiger partial charge in [-0.1, -0.05) is 81.9 Å². The van der Waals surface area contributed by atoms with E-state index in [1.807, 2.05) is 12.1 Å². The normalized spacial score (nSPS) is 11.9. The average Bonchev–Trinajstić information content (AvgIpc) is 3.13. The first kappa shape index (κ1) is 24.2. The molecule has 4 rings (SSSR count). The maximum absolute atomic E-state index is 11.8. The Morgan fingerprint density at radius 3 is 2.56 bits per heavy atom. The molecule has 0 saturated heterocycles. The third-order valence-corrected chi connectivity index (χ3v) is 6.79. The Labute approximate surface area is 205 Å². The van der Waals surface area contributed by atoms with Crippen molar-refractivity contribution in [3.63, 3.8) is 0 Å². The number of nitrogens with zero attached hydrogens (tertiary/aromatic N) is 4. The number of hydrogen-bond donors (Lipinski definition) is 1. The highest BCUT2D eigenvalue weighted by molar-refractivity contribution is 7.99. The molecule has 0 aliphatic heterocycles. The van der Waals surface area contributed by atoms with Crippen molar-refractivity contribution < 1.29 is 4.79 Å². The van der Waals surface area contributed by atoms with Crippen LogP contribution in [0.2, 0.25) is 0 Å². The zero-order valence-corrected chi connectivity index (χ0v) is 21.3. The molecule has 0 radical (unpaired) electrons. The van der Waals surface area contributed by atoms with E-state index >= 15 is 0 Å². The molecule has 0 fully saturated rings. The molecule has 0 unspecified atom stereocenters. The van der Waals surface area contributed by atoms with Crippen LogP contribution in [0.15, 0.2) is 53.7 Å². The first-order valence-electron chi connectivity index (χ1n) is 12.0. The van der Waals surface area contributed by atoms with Crippen LogP contribution in [0.3, 0.4) is 0 Å². The molecule has 0 aliphatic carbocycles. The molecule has 4 aromatic rings. The summed E-state index contributed by atoms with van der Waals surface area (Å²) in [6.45, 7) is 10.2. The fourth-order valence-electron chi connectivity index (χ4n) is 3.95. The van der Waals surface area contributed by atoms with Crippen LogP contribution in [0.4, 0.5) is 0 Å². The highest BCUT2D eigenvalue weighted by atomic mass is 32.2. The molecular weight excluding hydrogens is 442 g/mol. The lowest BCUT2D eigenvalue weighted by atomic mass is 9.87. The van der Waals surface area contributed by atoms with Crippen LogP contribution < -0.4 is 5.32 Å². The van der Waals surface area contributed by atoms with E-state index in [1.165, 1.54) is 11.1 Å². The molecule has 0 aliphatic rings. The van der Waals surface area contributed by atoms with Gasteiger partial charge in [0.1, 0.15) is 5.52 Å². The summed E-state index contributed by atoms with van der Waals surface area (Å²) in [5.41, 5.74) is 5.45. The second kappa shape index (κ2) is 10.6. The van der Waals surface area contributed by atoms with Crippen LogP contribution in [-0.4, -0.2) is 38.0 Å². The molecule has 2 aromatic carbocycles. The molecule has 1 amide bonds. The summed E-state index contributed by atoms with van der Waals surface area (Å²) in [6.07, 6.45) is 2.26. The number of amides is 1. The number of hydrogen-bond acceptors (Lipinski definition) is 5. The molecule has 1 N–H and O–H groups in total. The zero-order valence-electron chi connectivity index (χ0n) is 20.5. The number of carbonyl (C=O) groups excluding carboxylic acids is 1. The van der Waals surface area contributed by atoms with Crippen molar-refractivity contribution in [2.24, 2.45) is 0 Å². The molecule has 7 heteroatoms. The van der Waals surface area contributed by atoms with E-state index < -0.39 is 0 Å². The number of fused-ring (bicyclic) bond motifs is 3. The number of nitrogens with one attached hydrogen (secondary N) is 1. The number of carbonyl (C=O) groups is 1. The lowest BCUT2D eigenvalue weighted by Crippen LogP contribution is -2.23. The maximum Gasteiger partial charge on any atom is 0.220 e. The van der Waals surface area contributed by atoms with E-state index in [4.69, 9.17) is 4.98 Å². The van der Waals surface area contributed by atoms with Gasteiger partial charge in [-0.3, -0.25) is 4.79 Å². The van der Waals surface area contributed by atoms with E-state index in [2.05, 4.69) is 84.2 Å². The first-order chi connectivity index (χ1) is 16.4. The summed E-state index contributed by atoms with van der Waals surface area (Å²) >= 11 is 1.55. The largest absolute Gasteiger partial charge is 0.356 e.